The van der Waals surface area contributed by atoms with Crippen LogP contribution in [-0.2, 0) is 0 Å². The first kappa shape index (κ1) is 8.48. The van der Waals surface area contributed by atoms with Crippen LogP contribution in [0.3, 0.4) is 0 Å². The average molecular weight is 170 g/mol. The van der Waals surface area contributed by atoms with Gasteiger partial charge in [-0.15, -0.1) is 0 Å². The Kier molecular flexibility index (Phi) is 2.63. The van der Waals surface area contributed by atoms with E-state index in [1.807, 2.05) is 0 Å². The number of rotatable bonds is 1. The highest BCUT2D eigenvalue weighted by molar-refractivity contribution is 4.86. The van der Waals surface area contributed by atoms with E-state index in [9.17, 15) is 0 Å². The number of aliphatic hydroxyl groups excluding tert-OH is 1. The van der Waals surface area contributed by atoms with Crippen LogP contribution in [0.25, 0.3) is 0 Å². The predicted molar refractivity (Wildman–Crippen MR) is 48.0 cm³/mol. The standard InChI is InChI=1S/C9H18N2O/c12-7-8-1-2-9-5-10-3-4-11(9)6-8/h8-10,12H,1-7H2/t8?,9-/m1/s1. The van der Waals surface area contributed by atoms with Crippen LogP contribution in [0.15, 0.2) is 0 Å². The Labute approximate surface area is 73.8 Å². The number of hydrogen-bond acceptors (Lipinski definition) is 3. The Morgan fingerprint density at radius 3 is 3.17 bits per heavy atom. The Hall–Kier alpha value is -0.120. The van der Waals surface area contributed by atoms with Crippen molar-refractivity contribution < 1.29 is 5.11 Å². The van der Waals surface area contributed by atoms with Gasteiger partial charge in [-0.2, -0.15) is 0 Å². The molecule has 2 atom stereocenters. The number of hydrogen-bond donors (Lipinski definition) is 2. The first-order valence-electron chi connectivity index (χ1n) is 4.96. The van der Waals surface area contributed by atoms with Gasteiger partial charge >= 0.3 is 0 Å². The quantitative estimate of drug-likeness (QED) is 0.565. The maximum absolute atomic E-state index is 9.04. The monoisotopic (exact) mass is 170 g/mol. The Morgan fingerprint density at radius 2 is 2.33 bits per heavy atom. The smallest absolute Gasteiger partial charge is 0.0471 e. The molecule has 2 saturated heterocycles. The Balaban J connectivity index is 1.90. The summed E-state index contributed by atoms with van der Waals surface area (Å²) in [6.45, 7) is 4.92. The fourth-order valence-corrected chi connectivity index (χ4v) is 2.33. The Bertz CT molecular complexity index is 151. The lowest BCUT2D eigenvalue weighted by atomic mass is 9.92. The molecule has 0 spiro atoms. The molecule has 0 aromatic heterocycles. The zero-order valence-electron chi connectivity index (χ0n) is 7.50. The van der Waals surface area contributed by atoms with E-state index >= 15 is 0 Å². The van der Waals surface area contributed by atoms with Crippen LogP contribution in [0.1, 0.15) is 12.8 Å². The molecule has 12 heavy (non-hydrogen) atoms. The molecule has 2 rings (SSSR count). The van der Waals surface area contributed by atoms with Gasteiger partial charge in [0.1, 0.15) is 0 Å². The molecule has 2 fully saturated rings. The normalized spacial score (nSPS) is 37.8. The fourth-order valence-electron chi connectivity index (χ4n) is 2.33. The molecule has 0 amide bonds. The lowest BCUT2D eigenvalue weighted by Gasteiger charge is -2.42. The van der Waals surface area contributed by atoms with Crippen molar-refractivity contribution in [1.82, 2.24) is 10.2 Å². The summed E-state index contributed by atoms with van der Waals surface area (Å²) in [5, 5.41) is 12.5. The van der Waals surface area contributed by atoms with Gasteiger partial charge in [0.15, 0.2) is 0 Å². The van der Waals surface area contributed by atoms with E-state index in [1.54, 1.807) is 0 Å². The van der Waals surface area contributed by atoms with Crippen LogP contribution in [0.5, 0.6) is 0 Å². The molecule has 0 radical (unpaired) electrons. The zero-order valence-corrected chi connectivity index (χ0v) is 7.50. The van der Waals surface area contributed by atoms with E-state index in [2.05, 4.69) is 10.2 Å². The molecular weight excluding hydrogens is 152 g/mol. The van der Waals surface area contributed by atoms with Crippen molar-refractivity contribution >= 4 is 0 Å². The van der Waals surface area contributed by atoms with Crippen LogP contribution in [0.2, 0.25) is 0 Å². The number of nitrogens with one attached hydrogen (secondary N) is 1. The summed E-state index contributed by atoms with van der Waals surface area (Å²) in [6.07, 6.45) is 2.47. The minimum Gasteiger partial charge on any atom is -0.396 e. The number of piperazine rings is 1. The maximum Gasteiger partial charge on any atom is 0.0471 e. The van der Waals surface area contributed by atoms with Gasteiger partial charge < -0.3 is 10.4 Å². The van der Waals surface area contributed by atoms with Crippen LogP contribution >= 0.6 is 0 Å². The van der Waals surface area contributed by atoms with Crippen LogP contribution in [-0.4, -0.2) is 48.8 Å². The van der Waals surface area contributed by atoms with E-state index in [1.165, 1.54) is 19.4 Å². The van der Waals surface area contributed by atoms with Crippen molar-refractivity contribution in [2.45, 2.75) is 18.9 Å². The molecule has 3 heteroatoms. The molecule has 2 N–H and O–H groups in total. The number of fused-ring (bicyclic) bond motifs is 1. The molecule has 70 valence electrons. The highest BCUT2D eigenvalue weighted by atomic mass is 16.3. The van der Waals surface area contributed by atoms with Crippen molar-refractivity contribution in [3.05, 3.63) is 0 Å². The molecule has 0 aromatic carbocycles. The van der Waals surface area contributed by atoms with Crippen LogP contribution in [0.4, 0.5) is 0 Å². The second-order valence-corrected chi connectivity index (χ2v) is 3.98. The summed E-state index contributed by atoms with van der Waals surface area (Å²) < 4.78 is 0. The van der Waals surface area contributed by atoms with Gasteiger partial charge in [0, 0.05) is 38.8 Å². The van der Waals surface area contributed by atoms with E-state index in [0.717, 1.165) is 25.7 Å². The highest BCUT2D eigenvalue weighted by Gasteiger charge is 2.29. The van der Waals surface area contributed by atoms with Crippen molar-refractivity contribution in [2.75, 3.05) is 32.8 Å². The molecule has 0 aliphatic carbocycles. The first-order chi connectivity index (χ1) is 5.90. The molecular formula is C9H18N2O. The molecule has 2 aliphatic heterocycles. The summed E-state index contributed by atoms with van der Waals surface area (Å²) in [6, 6.07) is 0.751. The molecule has 0 aromatic rings. The van der Waals surface area contributed by atoms with Gasteiger partial charge in [-0.1, -0.05) is 0 Å². The molecule has 0 saturated carbocycles. The summed E-state index contributed by atoms with van der Waals surface area (Å²) in [5.74, 6) is 0.541. The van der Waals surface area contributed by atoms with Crippen LogP contribution in [0, 0.1) is 5.92 Å². The first-order valence-corrected chi connectivity index (χ1v) is 4.96. The van der Waals surface area contributed by atoms with E-state index in [0.29, 0.717) is 12.5 Å². The largest absolute Gasteiger partial charge is 0.396 e. The van der Waals surface area contributed by atoms with E-state index in [-0.39, 0.29) is 0 Å². The topological polar surface area (TPSA) is 35.5 Å². The highest BCUT2D eigenvalue weighted by Crippen LogP contribution is 2.22. The maximum atomic E-state index is 9.04. The van der Waals surface area contributed by atoms with E-state index in [4.69, 9.17) is 5.11 Å². The van der Waals surface area contributed by atoms with Crippen LogP contribution < -0.4 is 5.32 Å². The summed E-state index contributed by atoms with van der Waals surface area (Å²) >= 11 is 0. The molecule has 2 aliphatic rings. The third kappa shape index (κ3) is 1.63. The van der Waals surface area contributed by atoms with Gasteiger partial charge in [0.2, 0.25) is 0 Å². The number of aliphatic hydroxyl groups is 1. The Morgan fingerprint density at radius 1 is 1.42 bits per heavy atom. The summed E-state index contributed by atoms with van der Waals surface area (Å²) in [7, 11) is 0. The molecule has 0 bridgehead atoms. The van der Waals surface area contributed by atoms with Gasteiger partial charge in [-0.25, -0.2) is 0 Å². The number of nitrogens with zero attached hydrogens (tertiary/aromatic N) is 1. The SMILES string of the molecule is OCC1CC[C@@H]2CNCCN2C1. The van der Waals surface area contributed by atoms with Gasteiger partial charge in [0.25, 0.3) is 0 Å². The van der Waals surface area contributed by atoms with Gasteiger partial charge in [-0.3, -0.25) is 4.90 Å². The molecule has 2 heterocycles. The van der Waals surface area contributed by atoms with Crippen molar-refractivity contribution in [3.63, 3.8) is 0 Å². The minimum absolute atomic E-state index is 0.372. The molecule has 1 unspecified atom stereocenters. The van der Waals surface area contributed by atoms with Crippen molar-refractivity contribution in [1.29, 1.82) is 0 Å². The predicted octanol–water partition coefficient (Wildman–Crippen LogP) is -0.337. The lowest BCUT2D eigenvalue weighted by molar-refractivity contribution is 0.0599. The van der Waals surface area contributed by atoms with Crippen molar-refractivity contribution in [3.8, 4) is 0 Å². The average Bonchev–Trinajstić information content (AvgIpc) is 2.17. The van der Waals surface area contributed by atoms with Gasteiger partial charge in [-0.05, 0) is 18.8 Å². The van der Waals surface area contributed by atoms with E-state index < -0.39 is 0 Å². The summed E-state index contributed by atoms with van der Waals surface area (Å²) in [5.41, 5.74) is 0. The minimum atomic E-state index is 0.372. The van der Waals surface area contributed by atoms with Gasteiger partial charge in [0.05, 0.1) is 0 Å². The second kappa shape index (κ2) is 3.73. The lowest BCUT2D eigenvalue weighted by Crippen LogP contribution is -2.55. The fraction of sp³-hybridized carbons (Fsp3) is 1.00. The summed E-state index contributed by atoms with van der Waals surface area (Å²) in [4.78, 5) is 2.53. The zero-order chi connectivity index (χ0) is 8.39. The molecule has 3 nitrogen and oxygen atoms in total. The van der Waals surface area contributed by atoms with Crippen molar-refractivity contribution in [2.24, 2.45) is 5.92 Å². The third-order valence-corrected chi connectivity index (χ3v) is 3.13. The third-order valence-electron chi connectivity index (χ3n) is 3.13. The number of piperidine rings is 1. The second-order valence-electron chi connectivity index (χ2n) is 3.98.